The summed E-state index contributed by atoms with van der Waals surface area (Å²) in [5.41, 5.74) is -1.10. The third kappa shape index (κ3) is 4.38. The summed E-state index contributed by atoms with van der Waals surface area (Å²) >= 11 is 5.66. The zero-order valence-electron chi connectivity index (χ0n) is 14.8. The van der Waals surface area contributed by atoms with Gasteiger partial charge in [0, 0.05) is 23.4 Å². The second-order valence-electron chi connectivity index (χ2n) is 5.59. The highest BCUT2D eigenvalue weighted by atomic mass is 35.5. The van der Waals surface area contributed by atoms with Gasteiger partial charge in [0.25, 0.3) is 15.7 Å². The van der Waals surface area contributed by atoms with E-state index < -0.39 is 72.2 Å². The van der Waals surface area contributed by atoms with E-state index in [0.29, 0.717) is 18.2 Å². The van der Waals surface area contributed by atoms with Crippen molar-refractivity contribution in [3.8, 4) is 0 Å². The Morgan fingerprint density at radius 3 is 2.20 bits per heavy atom. The van der Waals surface area contributed by atoms with Gasteiger partial charge in [-0.15, -0.1) is 0 Å². The number of hydrogen-bond acceptors (Lipinski definition) is 5. The van der Waals surface area contributed by atoms with Crippen LogP contribution in [0.5, 0.6) is 0 Å². The number of rotatable bonds is 6. The highest BCUT2D eigenvalue weighted by Crippen LogP contribution is 2.35. The molecule has 1 amide bonds. The summed E-state index contributed by atoms with van der Waals surface area (Å²) in [5.74, 6) is -8.53. The highest BCUT2D eigenvalue weighted by molar-refractivity contribution is 7.93. The van der Waals surface area contributed by atoms with Crippen LogP contribution in [0.15, 0.2) is 35.2 Å². The lowest BCUT2D eigenvalue weighted by molar-refractivity contribution is -0.160. The molecule has 1 N–H and O–H groups in total. The van der Waals surface area contributed by atoms with Gasteiger partial charge in [0.1, 0.15) is 0 Å². The molecule has 2 aromatic rings. The minimum Gasteiger partial charge on any atom is -0.461 e. The van der Waals surface area contributed by atoms with Crippen molar-refractivity contribution in [2.45, 2.75) is 17.1 Å². The summed E-state index contributed by atoms with van der Waals surface area (Å²) in [7, 11) is -5.73. The number of ether oxygens (including phenoxy) is 1. The molecule has 0 bridgehead atoms. The second kappa shape index (κ2) is 8.56. The maximum absolute atomic E-state index is 14.1. The van der Waals surface area contributed by atoms with E-state index >= 15 is 0 Å². The van der Waals surface area contributed by atoms with E-state index in [1.807, 2.05) is 5.32 Å². The molecule has 0 saturated heterocycles. The third-order valence-electron chi connectivity index (χ3n) is 3.58. The van der Waals surface area contributed by atoms with Crippen molar-refractivity contribution in [3.05, 3.63) is 58.4 Å². The summed E-state index contributed by atoms with van der Waals surface area (Å²) < 4.78 is 96.2. The van der Waals surface area contributed by atoms with Gasteiger partial charge in [-0.05, 0) is 25.1 Å². The normalized spacial score (nSPS) is 11.8. The lowest BCUT2D eigenvalue weighted by Gasteiger charge is -2.16. The Morgan fingerprint density at radius 1 is 1.10 bits per heavy atom. The zero-order chi connectivity index (χ0) is 22.9. The summed E-state index contributed by atoms with van der Waals surface area (Å²) in [6, 6.07) is 3.04. The fraction of sp³-hybridized carbons (Fsp3) is 0.176. The SMILES string of the molecule is CCOC(=O)C(F)(F)S(=O)(=O)c1cc(C(=O)Nc2cc(F)c(F)c(F)c2)ccc1Cl. The van der Waals surface area contributed by atoms with Crippen LogP contribution in [0, 0.1) is 17.5 Å². The van der Waals surface area contributed by atoms with Crippen LogP contribution in [0.25, 0.3) is 0 Å². The molecule has 13 heteroatoms. The van der Waals surface area contributed by atoms with E-state index in [0.717, 1.165) is 12.1 Å². The lowest BCUT2D eigenvalue weighted by atomic mass is 10.2. The van der Waals surface area contributed by atoms with E-state index in [1.165, 1.54) is 6.92 Å². The van der Waals surface area contributed by atoms with Gasteiger partial charge in [-0.3, -0.25) is 4.79 Å². The van der Waals surface area contributed by atoms with Crippen molar-refractivity contribution in [2.24, 2.45) is 0 Å². The van der Waals surface area contributed by atoms with Crippen LogP contribution in [-0.2, 0) is 19.4 Å². The van der Waals surface area contributed by atoms with E-state index in [4.69, 9.17) is 11.6 Å². The Balaban J connectivity index is 2.44. The molecule has 0 radical (unpaired) electrons. The van der Waals surface area contributed by atoms with Crippen LogP contribution in [0.4, 0.5) is 27.6 Å². The summed E-state index contributed by atoms with van der Waals surface area (Å²) in [6.07, 6.45) is 0. The summed E-state index contributed by atoms with van der Waals surface area (Å²) in [6.45, 7) is 0.657. The maximum Gasteiger partial charge on any atom is 0.444 e. The largest absolute Gasteiger partial charge is 0.461 e. The van der Waals surface area contributed by atoms with E-state index in [2.05, 4.69) is 4.74 Å². The Morgan fingerprint density at radius 2 is 1.67 bits per heavy atom. The Labute approximate surface area is 171 Å². The molecule has 0 aliphatic rings. The van der Waals surface area contributed by atoms with Gasteiger partial charge in [-0.1, -0.05) is 11.6 Å². The molecule has 6 nitrogen and oxygen atoms in total. The molecule has 0 spiro atoms. The van der Waals surface area contributed by atoms with Gasteiger partial charge in [0.2, 0.25) is 0 Å². The van der Waals surface area contributed by atoms with Crippen molar-refractivity contribution in [1.29, 1.82) is 0 Å². The van der Waals surface area contributed by atoms with Crippen LogP contribution < -0.4 is 5.32 Å². The number of sulfone groups is 1. The number of amides is 1. The van der Waals surface area contributed by atoms with Crippen LogP contribution in [0.2, 0.25) is 5.02 Å². The number of carbonyl (C=O) groups is 2. The van der Waals surface area contributed by atoms with Gasteiger partial charge in [-0.2, -0.15) is 8.78 Å². The molecule has 0 heterocycles. The summed E-state index contributed by atoms with van der Waals surface area (Å²) in [4.78, 5) is 22.3. The standard InChI is InChI=1S/C17H11ClF5NO5S/c1-2-29-16(26)17(22,23)30(27,28)13-5-8(3-4-10(13)18)15(25)24-9-6-11(19)14(21)12(20)7-9/h3-7H,2H2,1H3,(H,24,25). The number of carbonyl (C=O) groups excluding carboxylic acids is 2. The molecular formula is C17H11ClF5NO5S. The van der Waals surface area contributed by atoms with Gasteiger partial charge in [0.05, 0.1) is 16.5 Å². The first kappa shape index (κ1) is 23.5. The van der Waals surface area contributed by atoms with E-state index in [9.17, 15) is 40.0 Å². The minimum absolute atomic E-state index is 0.441. The lowest BCUT2D eigenvalue weighted by Crippen LogP contribution is -2.39. The molecule has 0 saturated carbocycles. The monoisotopic (exact) mass is 471 g/mol. The Bertz CT molecular complexity index is 1100. The molecule has 30 heavy (non-hydrogen) atoms. The molecule has 0 aliphatic carbocycles. The number of alkyl halides is 2. The summed E-state index contributed by atoms with van der Waals surface area (Å²) in [5, 5.41) is -3.79. The number of esters is 1. The first-order valence-corrected chi connectivity index (χ1v) is 9.74. The third-order valence-corrected chi connectivity index (χ3v) is 5.78. The van der Waals surface area contributed by atoms with Crippen LogP contribution in [-0.4, -0.2) is 32.2 Å². The maximum atomic E-state index is 14.1. The number of halogens is 6. The van der Waals surface area contributed by atoms with Gasteiger partial charge < -0.3 is 10.1 Å². The van der Waals surface area contributed by atoms with Gasteiger partial charge in [0.15, 0.2) is 17.5 Å². The molecular weight excluding hydrogens is 461 g/mol. The predicted molar refractivity (Wildman–Crippen MR) is 94.5 cm³/mol. The predicted octanol–water partition coefficient (Wildman–Crippen LogP) is 3.94. The fourth-order valence-corrected chi connectivity index (χ4v) is 3.73. The second-order valence-corrected chi connectivity index (χ2v) is 7.96. The van der Waals surface area contributed by atoms with E-state index in [1.54, 1.807) is 0 Å². The first-order chi connectivity index (χ1) is 13.8. The quantitative estimate of drug-likeness (QED) is 0.391. The van der Waals surface area contributed by atoms with Crippen molar-refractivity contribution < 1.29 is 44.7 Å². The average molecular weight is 472 g/mol. The fourth-order valence-electron chi connectivity index (χ4n) is 2.14. The van der Waals surface area contributed by atoms with Crippen LogP contribution >= 0.6 is 11.6 Å². The zero-order valence-corrected chi connectivity index (χ0v) is 16.4. The molecule has 2 aromatic carbocycles. The molecule has 2 rings (SSSR count). The van der Waals surface area contributed by atoms with Gasteiger partial charge in [-0.25, -0.2) is 26.4 Å². The molecule has 162 valence electrons. The van der Waals surface area contributed by atoms with Crippen LogP contribution in [0.1, 0.15) is 17.3 Å². The molecule has 0 unspecified atom stereocenters. The highest BCUT2D eigenvalue weighted by Gasteiger charge is 2.55. The number of anilines is 1. The van der Waals surface area contributed by atoms with Crippen molar-refractivity contribution >= 4 is 39.0 Å². The molecule has 0 aliphatic heterocycles. The van der Waals surface area contributed by atoms with Crippen molar-refractivity contribution in [1.82, 2.24) is 0 Å². The average Bonchev–Trinajstić information content (AvgIpc) is 2.66. The number of hydrogen-bond donors (Lipinski definition) is 1. The Kier molecular flexibility index (Phi) is 6.72. The Hall–Kier alpha value is -2.73. The van der Waals surface area contributed by atoms with Crippen molar-refractivity contribution in [2.75, 3.05) is 11.9 Å². The molecule has 0 fully saturated rings. The number of nitrogens with one attached hydrogen (secondary N) is 1. The van der Waals surface area contributed by atoms with E-state index in [-0.39, 0.29) is 0 Å². The van der Waals surface area contributed by atoms with Crippen LogP contribution in [0.3, 0.4) is 0 Å². The topological polar surface area (TPSA) is 89.5 Å². The molecule has 0 atom stereocenters. The van der Waals surface area contributed by atoms with Crippen molar-refractivity contribution in [3.63, 3.8) is 0 Å². The first-order valence-electron chi connectivity index (χ1n) is 7.88. The number of benzene rings is 2. The minimum atomic E-state index is -5.73. The molecule has 0 aromatic heterocycles. The van der Waals surface area contributed by atoms with Gasteiger partial charge >= 0.3 is 11.2 Å². The smallest absolute Gasteiger partial charge is 0.444 e.